The number of nitrogens with zero attached hydrogens (tertiary/aromatic N) is 4. The van der Waals surface area contributed by atoms with Crippen molar-refractivity contribution in [1.29, 1.82) is 0 Å². The maximum absolute atomic E-state index is 12.0. The number of halogens is 1. The number of hydrogen-bond acceptors (Lipinski definition) is 5. The number of rotatable bonds is 4. The number of carbonyl (C=O) groups excluding carboxylic acids is 1. The third-order valence-electron chi connectivity index (χ3n) is 2.92. The highest BCUT2D eigenvalue weighted by Gasteiger charge is 2.08. The Hall–Kier alpha value is -2.73. The maximum Gasteiger partial charge on any atom is 0.315 e. The van der Waals surface area contributed by atoms with E-state index in [1.807, 2.05) is 6.07 Å². The third-order valence-corrected chi connectivity index (χ3v) is 3.18. The number of esters is 1. The lowest BCUT2D eigenvalue weighted by Gasteiger charge is -2.06. The summed E-state index contributed by atoms with van der Waals surface area (Å²) in [5, 5.41) is 11.5. The van der Waals surface area contributed by atoms with Gasteiger partial charge in [0, 0.05) is 11.1 Å². The SMILES string of the molecule is O=C(Cc1ccc(Cl)cc1)Oc1cccc(-n2cnnn2)c1. The molecule has 1 heterocycles. The lowest BCUT2D eigenvalue weighted by molar-refractivity contribution is -0.133. The number of aromatic nitrogens is 4. The highest BCUT2D eigenvalue weighted by Crippen LogP contribution is 2.17. The van der Waals surface area contributed by atoms with Crippen LogP contribution < -0.4 is 4.74 Å². The van der Waals surface area contributed by atoms with E-state index in [0.717, 1.165) is 5.56 Å². The van der Waals surface area contributed by atoms with Crippen LogP contribution in [0.5, 0.6) is 5.75 Å². The molecule has 6 nitrogen and oxygen atoms in total. The van der Waals surface area contributed by atoms with E-state index in [0.29, 0.717) is 16.5 Å². The second kappa shape index (κ2) is 6.36. The zero-order valence-electron chi connectivity index (χ0n) is 11.4. The van der Waals surface area contributed by atoms with Crippen molar-refractivity contribution in [2.75, 3.05) is 0 Å². The van der Waals surface area contributed by atoms with E-state index < -0.39 is 0 Å². The molecule has 0 saturated carbocycles. The van der Waals surface area contributed by atoms with Crippen LogP contribution in [0, 0.1) is 0 Å². The molecule has 7 heteroatoms. The van der Waals surface area contributed by atoms with Gasteiger partial charge in [0.05, 0.1) is 12.1 Å². The van der Waals surface area contributed by atoms with Gasteiger partial charge in [0.25, 0.3) is 0 Å². The molecule has 110 valence electrons. The minimum Gasteiger partial charge on any atom is -0.426 e. The Balaban J connectivity index is 1.69. The molecular formula is C15H11ClN4O2. The Morgan fingerprint density at radius 1 is 1.18 bits per heavy atom. The van der Waals surface area contributed by atoms with Crippen molar-refractivity contribution in [2.45, 2.75) is 6.42 Å². The number of carbonyl (C=O) groups is 1. The molecule has 0 aliphatic heterocycles. The number of hydrogen-bond donors (Lipinski definition) is 0. The molecule has 0 unspecified atom stereocenters. The minimum atomic E-state index is -0.351. The van der Waals surface area contributed by atoms with Crippen molar-refractivity contribution >= 4 is 17.6 Å². The Morgan fingerprint density at radius 3 is 2.73 bits per heavy atom. The fraction of sp³-hybridized carbons (Fsp3) is 0.0667. The van der Waals surface area contributed by atoms with E-state index in [1.165, 1.54) is 11.0 Å². The van der Waals surface area contributed by atoms with Gasteiger partial charge in [-0.15, -0.1) is 5.10 Å². The van der Waals surface area contributed by atoms with Crippen molar-refractivity contribution in [2.24, 2.45) is 0 Å². The standard InChI is InChI=1S/C15H11ClN4O2/c16-12-6-4-11(5-7-12)8-15(21)22-14-3-1-2-13(9-14)20-10-17-18-19-20/h1-7,9-10H,8H2. The molecule has 3 aromatic rings. The Kier molecular flexibility index (Phi) is 4.11. The van der Waals surface area contributed by atoms with E-state index in [9.17, 15) is 4.79 Å². The van der Waals surface area contributed by atoms with Gasteiger partial charge in [-0.05, 0) is 40.3 Å². The Morgan fingerprint density at radius 2 is 2.00 bits per heavy atom. The van der Waals surface area contributed by atoms with Crippen LogP contribution in [0.15, 0.2) is 54.9 Å². The average Bonchev–Trinajstić information content (AvgIpc) is 3.04. The monoisotopic (exact) mass is 314 g/mol. The lowest BCUT2D eigenvalue weighted by Crippen LogP contribution is -2.11. The summed E-state index contributed by atoms with van der Waals surface area (Å²) in [4.78, 5) is 12.0. The van der Waals surface area contributed by atoms with Crippen molar-refractivity contribution in [3.8, 4) is 11.4 Å². The van der Waals surface area contributed by atoms with Gasteiger partial charge in [-0.2, -0.15) is 0 Å². The van der Waals surface area contributed by atoms with Crippen molar-refractivity contribution < 1.29 is 9.53 Å². The van der Waals surface area contributed by atoms with E-state index in [1.54, 1.807) is 42.5 Å². The third kappa shape index (κ3) is 3.48. The van der Waals surface area contributed by atoms with Crippen LogP contribution in [0.1, 0.15) is 5.56 Å². The molecule has 1 aromatic heterocycles. The summed E-state index contributed by atoms with van der Waals surface area (Å²) in [6, 6.07) is 14.0. The molecule has 0 aliphatic rings. The summed E-state index contributed by atoms with van der Waals surface area (Å²) in [5.41, 5.74) is 1.55. The average molecular weight is 315 g/mol. The van der Waals surface area contributed by atoms with Crippen LogP contribution in [-0.2, 0) is 11.2 Å². The number of ether oxygens (including phenoxy) is 1. The summed E-state index contributed by atoms with van der Waals surface area (Å²) in [5.74, 6) is 0.0863. The molecule has 0 bridgehead atoms. The first-order valence-electron chi connectivity index (χ1n) is 6.49. The highest BCUT2D eigenvalue weighted by molar-refractivity contribution is 6.30. The van der Waals surface area contributed by atoms with Crippen molar-refractivity contribution in [1.82, 2.24) is 20.2 Å². The molecule has 0 amide bonds. The zero-order chi connectivity index (χ0) is 15.4. The van der Waals surface area contributed by atoms with Gasteiger partial charge in [0.15, 0.2) is 0 Å². The molecule has 0 spiro atoms. The van der Waals surface area contributed by atoms with Crippen LogP contribution in [0.25, 0.3) is 5.69 Å². The van der Waals surface area contributed by atoms with Gasteiger partial charge in [-0.3, -0.25) is 4.79 Å². The van der Waals surface area contributed by atoms with Crippen LogP contribution >= 0.6 is 11.6 Å². The smallest absolute Gasteiger partial charge is 0.315 e. The first-order chi connectivity index (χ1) is 10.7. The minimum absolute atomic E-state index is 0.173. The van der Waals surface area contributed by atoms with Crippen molar-refractivity contribution in [3.05, 3.63) is 65.4 Å². The van der Waals surface area contributed by atoms with Gasteiger partial charge in [-0.25, -0.2) is 4.68 Å². The summed E-state index contributed by atoms with van der Waals surface area (Å²) in [7, 11) is 0. The van der Waals surface area contributed by atoms with E-state index >= 15 is 0 Å². The fourth-order valence-electron chi connectivity index (χ4n) is 1.91. The second-order valence-corrected chi connectivity index (χ2v) is 4.97. The van der Waals surface area contributed by atoms with Gasteiger partial charge in [0.1, 0.15) is 12.1 Å². The zero-order valence-corrected chi connectivity index (χ0v) is 12.1. The summed E-state index contributed by atoms with van der Waals surface area (Å²) >= 11 is 5.81. The summed E-state index contributed by atoms with van der Waals surface area (Å²) in [6.45, 7) is 0. The first kappa shape index (κ1) is 14.2. The van der Waals surface area contributed by atoms with Crippen LogP contribution in [0.4, 0.5) is 0 Å². The molecule has 22 heavy (non-hydrogen) atoms. The Bertz CT molecular complexity index is 773. The molecule has 3 rings (SSSR count). The van der Waals surface area contributed by atoms with E-state index in [4.69, 9.17) is 16.3 Å². The molecule has 0 atom stereocenters. The fourth-order valence-corrected chi connectivity index (χ4v) is 2.03. The maximum atomic E-state index is 12.0. The van der Waals surface area contributed by atoms with Gasteiger partial charge >= 0.3 is 5.97 Å². The number of benzene rings is 2. The van der Waals surface area contributed by atoms with E-state index in [-0.39, 0.29) is 12.4 Å². The predicted octanol–water partition coefficient (Wildman–Crippen LogP) is 2.46. The van der Waals surface area contributed by atoms with Crippen LogP contribution in [0.2, 0.25) is 5.02 Å². The van der Waals surface area contributed by atoms with Gasteiger partial charge in [0.2, 0.25) is 0 Å². The van der Waals surface area contributed by atoms with Crippen LogP contribution in [0.3, 0.4) is 0 Å². The molecule has 0 N–H and O–H groups in total. The van der Waals surface area contributed by atoms with Crippen LogP contribution in [-0.4, -0.2) is 26.2 Å². The second-order valence-electron chi connectivity index (χ2n) is 4.53. The molecule has 0 saturated heterocycles. The van der Waals surface area contributed by atoms with Gasteiger partial charge < -0.3 is 4.74 Å². The molecular weight excluding hydrogens is 304 g/mol. The molecule has 0 radical (unpaired) electrons. The van der Waals surface area contributed by atoms with Gasteiger partial charge in [-0.1, -0.05) is 29.8 Å². The molecule has 0 fully saturated rings. The normalized spacial score (nSPS) is 10.4. The molecule has 2 aromatic carbocycles. The Labute approximate surface area is 131 Å². The van der Waals surface area contributed by atoms with E-state index in [2.05, 4.69) is 15.5 Å². The molecule has 0 aliphatic carbocycles. The summed E-state index contributed by atoms with van der Waals surface area (Å²) < 4.78 is 6.82. The largest absolute Gasteiger partial charge is 0.426 e. The predicted molar refractivity (Wildman–Crippen MR) is 79.9 cm³/mol. The summed E-state index contributed by atoms with van der Waals surface area (Å²) in [6.07, 6.45) is 1.64. The lowest BCUT2D eigenvalue weighted by atomic mass is 10.1. The highest BCUT2D eigenvalue weighted by atomic mass is 35.5. The van der Waals surface area contributed by atoms with Crippen molar-refractivity contribution in [3.63, 3.8) is 0 Å². The topological polar surface area (TPSA) is 69.9 Å². The number of tetrazole rings is 1. The first-order valence-corrected chi connectivity index (χ1v) is 6.87. The quantitative estimate of drug-likeness (QED) is 0.546.